The molecule has 1 aliphatic heterocycles. The van der Waals surface area contributed by atoms with Gasteiger partial charge in [-0.2, -0.15) is 0 Å². The van der Waals surface area contributed by atoms with Crippen molar-refractivity contribution in [1.82, 2.24) is 14.5 Å². The summed E-state index contributed by atoms with van der Waals surface area (Å²) in [7, 11) is 1.72. The fraction of sp³-hybridized carbons (Fsp3) is 0.733. The lowest BCUT2D eigenvalue weighted by Crippen LogP contribution is -2.28. The molecule has 2 rings (SSSR count). The lowest BCUT2D eigenvalue weighted by Gasteiger charge is -2.16. The predicted octanol–water partition coefficient (Wildman–Crippen LogP) is 1.64. The van der Waals surface area contributed by atoms with Crippen molar-refractivity contribution in [3.05, 3.63) is 17.7 Å². The van der Waals surface area contributed by atoms with Crippen LogP contribution in [-0.2, 0) is 22.5 Å². The van der Waals surface area contributed by atoms with Gasteiger partial charge >= 0.3 is 0 Å². The number of carbonyl (C=O) groups excluding carboxylic acids is 1. The van der Waals surface area contributed by atoms with Crippen molar-refractivity contribution >= 4 is 5.91 Å². The highest BCUT2D eigenvalue weighted by Crippen LogP contribution is 2.21. The molecule has 20 heavy (non-hydrogen) atoms. The smallest absolute Gasteiger partial charge is 0.222 e. The van der Waals surface area contributed by atoms with Gasteiger partial charge in [0.15, 0.2) is 0 Å². The molecule has 0 radical (unpaired) electrons. The first-order chi connectivity index (χ1) is 9.65. The van der Waals surface area contributed by atoms with Crippen LogP contribution in [0.15, 0.2) is 6.20 Å². The van der Waals surface area contributed by atoms with E-state index < -0.39 is 0 Å². The van der Waals surface area contributed by atoms with Crippen LogP contribution in [0.3, 0.4) is 0 Å². The van der Waals surface area contributed by atoms with Gasteiger partial charge in [0, 0.05) is 51.5 Å². The zero-order valence-electron chi connectivity index (χ0n) is 12.8. The van der Waals surface area contributed by atoms with Crippen LogP contribution in [0.1, 0.15) is 31.3 Å². The van der Waals surface area contributed by atoms with Crippen molar-refractivity contribution in [3.8, 4) is 0 Å². The highest BCUT2D eigenvalue weighted by atomic mass is 16.5. The lowest BCUT2D eigenvalue weighted by molar-refractivity contribution is -0.129. The lowest BCUT2D eigenvalue weighted by atomic mass is 10.0. The van der Waals surface area contributed by atoms with E-state index in [1.165, 1.54) is 5.69 Å². The summed E-state index contributed by atoms with van der Waals surface area (Å²) in [6.45, 7) is 7.33. The minimum atomic E-state index is 0.270. The zero-order chi connectivity index (χ0) is 14.5. The Bertz CT molecular complexity index is 456. The Balaban J connectivity index is 1.96. The maximum atomic E-state index is 11.7. The summed E-state index contributed by atoms with van der Waals surface area (Å²) in [5.74, 6) is 1.93. The second-order valence-electron chi connectivity index (χ2n) is 5.51. The van der Waals surface area contributed by atoms with Gasteiger partial charge in [0.25, 0.3) is 0 Å². The maximum absolute atomic E-state index is 11.7. The fourth-order valence-corrected chi connectivity index (χ4v) is 2.87. The molecular formula is C15H25N3O2. The molecule has 1 amide bonds. The van der Waals surface area contributed by atoms with Crippen LogP contribution in [0.5, 0.6) is 0 Å². The van der Waals surface area contributed by atoms with E-state index in [-0.39, 0.29) is 5.91 Å². The number of imidazole rings is 1. The second-order valence-corrected chi connectivity index (χ2v) is 5.51. The van der Waals surface area contributed by atoms with Crippen LogP contribution in [0.25, 0.3) is 0 Å². The van der Waals surface area contributed by atoms with E-state index in [1.54, 1.807) is 7.11 Å². The Labute approximate surface area is 120 Å². The topological polar surface area (TPSA) is 47.4 Å². The number of hydrogen-bond donors (Lipinski definition) is 0. The zero-order valence-corrected chi connectivity index (χ0v) is 12.8. The van der Waals surface area contributed by atoms with Crippen LogP contribution in [-0.4, -0.2) is 47.2 Å². The highest BCUT2D eigenvalue weighted by Gasteiger charge is 2.26. The van der Waals surface area contributed by atoms with Gasteiger partial charge in [0.05, 0.1) is 6.61 Å². The van der Waals surface area contributed by atoms with Crippen molar-refractivity contribution in [1.29, 1.82) is 0 Å². The Kier molecular flexibility index (Phi) is 5.17. The molecule has 112 valence electrons. The molecule has 1 unspecified atom stereocenters. The van der Waals surface area contributed by atoms with Crippen molar-refractivity contribution in [3.63, 3.8) is 0 Å². The molecular weight excluding hydrogens is 254 g/mol. The number of aryl methyl sites for hydroxylation is 1. The molecule has 0 spiro atoms. The molecule has 0 N–H and O–H groups in total. The number of hydrogen-bond acceptors (Lipinski definition) is 3. The Morgan fingerprint density at radius 1 is 1.55 bits per heavy atom. The number of methoxy groups -OCH3 is 1. The molecule has 1 saturated heterocycles. The van der Waals surface area contributed by atoms with Crippen LogP contribution in [0, 0.1) is 12.8 Å². The normalized spacial score (nSPS) is 18.8. The predicted molar refractivity (Wildman–Crippen MR) is 77.5 cm³/mol. The third-order valence-electron chi connectivity index (χ3n) is 4.07. The first-order valence-corrected chi connectivity index (χ1v) is 7.43. The van der Waals surface area contributed by atoms with E-state index >= 15 is 0 Å². The standard InChI is InChI=1S/C15H25N3O2/c1-4-15(19)17-6-5-13(11-17)9-14-16-10-12(2)18(14)7-8-20-3/h10,13H,4-9,11H2,1-3H3. The van der Waals surface area contributed by atoms with E-state index in [0.29, 0.717) is 18.9 Å². The third kappa shape index (κ3) is 3.39. The molecule has 1 aromatic heterocycles. The number of ether oxygens (including phenoxy) is 1. The molecule has 2 heterocycles. The summed E-state index contributed by atoms with van der Waals surface area (Å²) in [4.78, 5) is 18.2. The molecule has 0 saturated carbocycles. The summed E-state index contributed by atoms with van der Waals surface area (Å²) in [6.07, 6.45) is 4.57. The Morgan fingerprint density at radius 2 is 2.35 bits per heavy atom. The van der Waals surface area contributed by atoms with Crippen molar-refractivity contribution in [2.45, 2.75) is 39.7 Å². The summed E-state index contributed by atoms with van der Waals surface area (Å²) in [5.41, 5.74) is 1.18. The van der Waals surface area contributed by atoms with Gasteiger partial charge in [0.1, 0.15) is 5.82 Å². The summed E-state index contributed by atoms with van der Waals surface area (Å²) < 4.78 is 7.39. The van der Waals surface area contributed by atoms with Crippen LogP contribution in [0.4, 0.5) is 0 Å². The first-order valence-electron chi connectivity index (χ1n) is 7.43. The molecule has 0 bridgehead atoms. The van der Waals surface area contributed by atoms with E-state index in [9.17, 15) is 4.79 Å². The molecule has 1 atom stereocenters. The van der Waals surface area contributed by atoms with Gasteiger partial charge < -0.3 is 14.2 Å². The summed E-state index contributed by atoms with van der Waals surface area (Å²) in [6, 6.07) is 0. The van der Waals surface area contributed by atoms with Gasteiger partial charge in [-0.1, -0.05) is 6.92 Å². The number of rotatable bonds is 6. The fourth-order valence-electron chi connectivity index (χ4n) is 2.87. The van der Waals surface area contributed by atoms with Crippen LogP contribution in [0.2, 0.25) is 0 Å². The van der Waals surface area contributed by atoms with Gasteiger partial charge in [-0.05, 0) is 19.3 Å². The maximum Gasteiger partial charge on any atom is 0.222 e. The van der Waals surface area contributed by atoms with Crippen molar-refractivity contribution in [2.75, 3.05) is 26.8 Å². The highest BCUT2D eigenvalue weighted by molar-refractivity contribution is 5.76. The van der Waals surface area contributed by atoms with E-state index in [1.807, 2.05) is 18.0 Å². The minimum Gasteiger partial charge on any atom is -0.383 e. The largest absolute Gasteiger partial charge is 0.383 e. The number of amides is 1. The molecule has 1 fully saturated rings. The number of nitrogens with zero attached hydrogens (tertiary/aromatic N) is 3. The molecule has 1 aromatic rings. The summed E-state index contributed by atoms with van der Waals surface area (Å²) in [5, 5.41) is 0. The van der Waals surface area contributed by atoms with Gasteiger partial charge in [-0.15, -0.1) is 0 Å². The summed E-state index contributed by atoms with van der Waals surface area (Å²) >= 11 is 0. The quantitative estimate of drug-likeness (QED) is 0.795. The average Bonchev–Trinajstić information content (AvgIpc) is 3.04. The number of aromatic nitrogens is 2. The van der Waals surface area contributed by atoms with Gasteiger partial charge in [-0.25, -0.2) is 4.98 Å². The van der Waals surface area contributed by atoms with E-state index in [0.717, 1.165) is 38.3 Å². The minimum absolute atomic E-state index is 0.270. The molecule has 0 aliphatic carbocycles. The van der Waals surface area contributed by atoms with Crippen LogP contribution >= 0.6 is 0 Å². The SMILES string of the molecule is CCC(=O)N1CCC(Cc2ncc(C)n2CCOC)C1. The Hall–Kier alpha value is -1.36. The first kappa shape index (κ1) is 15.0. The second kappa shape index (κ2) is 6.88. The molecule has 0 aromatic carbocycles. The van der Waals surface area contributed by atoms with Crippen LogP contribution < -0.4 is 0 Å². The number of likely N-dealkylation sites (tertiary alicyclic amines) is 1. The van der Waals surface area contributed by atoms with Gasteiger partial charge in [-0.3, -0.25) is 4.79 Å². The van der Waals surface area contributed by atoms with E-state index in [4.69, 9.17) is 4.74 Å². The monoisotopic (exact) mass is 279 g/mol. The number of carbonyl (C=O) groups is 1. The molecule has 1 aliphatic rings. The van der Waals surface area contributed by atoms with Crippen molar-refractivity contribution in [2.24, 2.45) is 5.92 Å². The van der Waals surface area contributed by atoms with E-state index in [2.05, 4.69) is 16.5 Å². The molecule has 5 heteroatoms. The van der Waals surface area contributed by atoms with Crippen molar-refractivity contribution < 1.29 is 9.53 Å². The van der Waals surface area contributed by atoms with Gasteiger partial charge in [0.2, 0.25) is 5.91 Å². The third-order valence-corrected chi connectivity index (χ3v) is 4.07. The molecule has 5 nitrogen and oxygen atoms in total. The average molecular weight is 279 g/mol. The Morgan fingerprint density at radius 3 is 3.05 bits per heavy atom.